The number of hydrogen-bond donors (Lipinski definition) is 1. The van der Waals surface area contributed by atoms with Crippen LogP contribution in [0, 0.1) is 6.92 Å². The van der Waals surface area contributed by atoms with Crippen molar-refractivity contribution in [2.45, 2.75) is 32.7 Å². The maximum atomic E-state index is 12.5. The third kappa shape index (κ3) is 5.79. The standard InChI is InChI=1S/C18H32N8O.HI/c1-15-21-22-16(23(15)3)13-20-18(19-2)26-11-9-24(10-12-26)14-17(27)25-7-5-4-6-8-25;/h4-14H2,1-3H3,(H,19,20);1H. The number of aliphatic imine (C=N–C) groups is 1. The number of piperazine rings is 1. The monoisotopic (exact) mass is 504 g/mol. The van der Waals surface area contributed by atoms with Gasteiger partial charge in [0.2, 0.25) is 5.91 Å². The highest BCUT2D eigenvalue weighted by atomic mass is 127. The Kier molecular flexibility index (Phi) is 8.93. The number of carbonyl (C=O) groups is 1. The molecule has 2 saturated heterocycles. The number of aromatic nitrogens is 3. The third-order valence-electron chi connectivity index (χ3n) is 5.54. The summed E-state index contributed by atoms with van der Waals surface area (Å²) >= 11 is 0. The Bertz CT molecular complexity index is 663. The van der Waals surface area contributed by atoms with Gasteiger partial charge in [-0.25, -0.2) is 0 Å². The average Bonchev–Trinajstić information content (AvgIpc) is 3.02. The molecule has 0 atom stereocenters. The summed E-state index contributed by atoms with van der Waals surface area (Å²) in [6, 6.07) is 0. The molecule has 2 aliphatic heterocycles. The first kappa shape index (κ1) is 22.9. The van der Waals surface area contributed by atoms with Crippen molar-refractivity contribution in [3.8, 4) is 0 Å². The predicted molar refractivity (Wildman–Crippen MR) is 120 cm³/mol. The van der Waals surface area contributed by atoms with E-state index < -0.39 is 0 Å². The number of halogens is 1. The first-order chi connectivity index (χ1) is 13.1. The van der Waals surface area contributed by atoms with Crippen LogP contribution in [0.2, 0.25) is 0 Å². The van der Waals surface area contributed by atoms with Gasteiger partial charge in [0.05, 0.1) is 13.1 Å². The molecule has 3 heterocycles. The number of hydrogen-bond acceptors (Lipinski definition) is 5. The molecule has 0 radical (unpaired) electrons. The molecule has 158 valence electrons. The zero-order valence-electron chi connectivity index (χ0n) is 17.2. The summed E-state index contributed by atoms with van der Waals surface area (Å²) in [5, 5.41) is 11.6. The highest BCUT2D eigenvalue weighted by Crippen LogP contribution is 2.10. The lowest BCUT2D eigenvalue weighted by molar-refractivity contribution is -0.133. The fraction of sp³-hybridized carbons (Fsp3) is 0.778. The maximum absolute atomic E-state index is 12.5. The molecule has 0 saturated carbocycles. The minimum absolute atomic E-state index is 0. The zero-order valence-corrected chi connectivity index (χ0v) is 19.6. The van der Waals surface area contributed by atoms with Crippen molar-refractivity contribution in [1.82, 2.24) is 34.8 Å². The SMILES string of the molecule is CN=C(NCc1nnc(C)n1C)N1CCN(CC(=O)N2CCCCC2)CC1.I. The molecule has 0 spiro atoms. The van der Waals surface area contributed by atoms with Crippen LogP contribution in [-0.2, 0) is 18.4 Å². The fourth-order valence-electron chi connectivity index (χ4n) is 3.65. The molecule has 0 unspecified atom stereocenters. The van der Waals surface area contributed by atoms with Crippen molar-refractivity contribution in [2.75, 3.05) is 52.9 Å². The summed E-state index contributed by atoms with van der Waals surface area (Å²) in [5.41, 5.74) is 0. The van der Waals surface area contributed by atoms with E-state index in [1.54, 1.807) is 7.05 Å². The maximum Gasteiger partial charge on any atom is 0.236 e. The van der Waals surface area contributed by atoms with E-state index in [0.29, 0.717) is 13.1 Å². The number of guanidine groups is 1. The quantitative estimate of drug-likeness (QED) is 0.365. The molecule has 0 aromatic carbocycles. The Morgan fingerprint density at radius 3 is 2.29 bits per heavy atom. The predicted octanol–water partition coefficient (Wildman–Crippen LogP) is 0.447. The van der Waals surface area contributed by atoms with Crippen LogP contribution < -0.4 is 5.32 Å². The van der Waals surface area contributed by atoms with E-state index >= 15 is 0 Å². The molecule has 10 heteroatoms. The Labute approximate surface area is 184 Å². The van der Waals surface area contributed by atoms with Crippen molar-refractivity contribution in [2.24, 2.45) is 12.0 Å². The van der Waals surface area contributed by atoms with Crippen LogP contribution in [0.4, 0.5) is 0 Å². The first-order valence-electron chi connectivity index (χ1n) is 9.89. The van der Waals surface area contributed by atoms with Gasteiger partial charge in [0.15, 0.2) is 11.8 Å². The molecule has 3 rings (SSSR count). The summed E-state index contributed by atoms with van der Waals surface area (Å²) in [7, 11) is 3.77. The lowest BCUT2D eigenvalue weighted by Gasteiger charge is -2.37. The molecule has 2 aliphatic rings. The zero-order chi connectivity index (χ0) is 19.2. The van der Waals surface area contributed by atoms with Crippen molar-refractivity contribution < 1.29 is 4.79 Å². The number of nitrogens with one attached hydrogen (secondary N) is 1. The molecule has 1 N–H and O–H groups in total. The molecule has 1 amide bonds. The van der Waals surface area contributed by atoms with E-state index in [4.69, 9.17) is 0 Å². The molecule has 28 heavy (non-hydrogen) atoms. The molecule has 9 nitrogen and oxygen atoms in total. The van der Waals surface area contributed by atoms with Crippen LogP contribution in [-0.4, -0.2) is 94.2 Å². The number of amides is 1. The lowest BCUT2D eigenvalue weighted by Crippen LogP contribution is -2.54. The van der Waals surface area contributed by atoms with Crippen LogP contribution in [0.1, 0.15) is 30.9 Å². The van der Waals surface area contributed by atoms with E-state index in [1.165, 1.54) is 6.42 Å². The van der Waals surface area contributed by atoms with E-state index in [9.17, 15) is 4.79 Å². The van der Waals surface area contributed by atoms with Gasteiger partial charge in [-0.05, 0) is 26.2 Å². The van der Waals surface area contributed by atoms with E-state index in [-0.39, 0.29) is 29.9 Å². The van der Waals surface area contributed by atoms with Gasteiger partial charge in [0.25, 0.3) is 0 Å². The summed E-state index contributed by atoms with van der Waals surface area (Å²) in [5.74, 6) is 2.94. The minimum Gasteiger partial charge on any atom is -0.349 e. The van der Waals surface area contributed by atoms with Crippen LogP contribution >= 0.6 is 24.0 Å². The van der Waals surface area contributed by atoms with Crippen molar-refractivity contribution in [3.63, 3.8) is 0 Å². The lowest BCUT2D eigenvalue weighted by atomic mass is 10.1. The van der Waals surface area contributed by atoms with E-state index in [2.05, 4.69) is 30.3 Å². The molecule has 1 aromatic heterocycles. The summed E-state index contributed by atoms with van der Waals surface area (Å²) in [6.45, 7) is 8.42. The van der Waals surface area contributed by atoms with Crippen molar-refractivity contribution in [1.29, 1.82) is 0 Å². The van der Waals surface area contributed by atoms with Gasteiger partial charge in [-0.15, -0.1) is 34.2 Å². The second-order valence-corrected chi connectivity index (χ2v) is 7.33. The van der Waals surface area contributed by atoms with E-state index in [0.717, 1.165) is 69.7 Å². The van der Waals surface area contributed by atoms with Gasteiger partial charge in [-0.3, -0.25) is 14.7 Å². The number of nitrogens with zero attached hydrogens (tertiary/aromatic N) is 7. The molecule has 1 aromatic rings. The minimum atomic E-state index is 0. The normalized spacial score (nSPS) is 18.8. The molecular formula is C18H33IN8O. The molecule has 0 bridgehead atoms. The first-order valence-corrected chi connectivity index (χ1v) is 9.89. The van der Waals surface area contributed by atoms with Crippen LogP contribution in [0.15, 0.2) is 4.99 Å². The van der Waals surface area contributed by atoms with Crippen molar-refractivity contribution in [3.05, 3.63) is 11.6 Å². The molecule has 2 fully saturated rings. The smallest absolute Gasteiger partial charge is 0.236 e. The average molecular weight is 504 g/mol. The largest absolute Gasteiger partial charge is 0.349 e. The fourth-order valence-corrected chi connectivity index (χ4v) is 3.65. The van der Waals surface area contributed by atoms with E-state index in [1.807, 2.05) is 23.4 Å². The highest BCUT2D eigenvalue weighted by molar-refractivity contribution is 14.0. The van der Waals surface area contributed by atoms with Crippen LogP contribution in [0.25, 0.3) is 0 Å². The Balaban J connectivity index is 0.00000280. The Hall–Kier alpha value is -1.43. The van der Waals surface area contributed by atoms with Gasteiger partial charge in [-0.2, -0.15) is 0 Å². The number of aryl methyl sites for hydroxylation is 1. The highest BCUT2D eigenvalue weighted by Gasteiger charge is 2.24. The van der Waals surface area contributed by atoms with Gasteiger partial charge >= 0.3 is 0 Å². The topological polar surface area (TPSA) is 81.9 Å². The summed E-state index contributed by atoms with van der Waals surface area (Å²) in [4.78, 5) is 23.4. The Morgan fingerprint density at radius 2 is 1.71 bits per heavy atom. The molecule has 0 aliphatic carbocycles. The molecular weight excluding hydrogens is 471 g/mol. The Morgan fingerprint density at radius 1 is 1.04 bits per heavy atom. The van der Waals surface area contributed by atoms with Crippen LogP contribution in [0.5, 0.6) is 0 Å². The van der Waals surface area contributed by atoms with Gasteiger partial charge < -0.3 is 19.7 Å². The number of piperidine rings is 1. The van der Waals surface area contributed by atoms with Gasteiger partial charge in [0, 0.05) is 53.4 Å². The number of likely N-dealkylation sites (tertiary alicyclic amines) is 1. The van der Waals surface area contributed by atoms with Crippen molar-refractivity contribution >= 4 is 35.8 Å². The number of carbonyl (C=O) groups excluding carboxylic acids is 1. The van der Waals surface area contributed by atoms with Crippen LogP contribution in [0.3, 0.4) is 0 Å². The number of rotatable bonds is 4. The summed E-state index contributed by atoms with van der Waals surface area (Å²) < 4.78 is 1.98. The second-order valence-electron chi connectivity index (χ2n) is 7.33. The third-order valence-corrected chi connectivity index (χ3v) is 5.54. The summed E-state index contributed by atoms with van der Waals surface area (Å²) in [6.07, 6.45) is 3.54. The van der Waals surface area contributed by atoms with Gasteiger partial charge in [-0.1, -0.05) is 0 Å². The van der Waals surface area contributed by atoms with Gasteiger partial charge in [0.1, 0.15) is 5.82 Å². The second kappa shape index (κ2) is 10.9.